The van der Waals surface area contributed by atoms with Gasteiger partial charge >= 0.3 is 6.18 Å². The van der Waals surface area contributed by atoms with E-state index in [1.54, 1.807) is 0 Å². The largest absolute Gasteiger partial charge is 0.439 e. The van der Waals surface area contributed by atoms with E-state index in [-0.39, 0.29) is 23.4 Å². The van der Waals surface area contributed by atoms with Crippen molar-refractivity contribution in [3.05, 3.63) is 41.9 Å². The fourth-order valence-corrected chi connectivity index (χ4v) is 1.93. The topological polar surface area (TPSA) is 64.4 Å². The number of hydrogen-bond acceptors (Lipinski definition) is 5. The highest BCUT2D eigenvalue weighted by molar-refractivity contribution is 5.50. The Kier molecular flexibility index (Phi) is 3.83. The number of rotatable bonds is 4. The summed E-state index contributed by atoms with van der Waals surface area (Å²) >= 11 is 0. The summed E-state index contributed by atoms with van der Waals surface area (Å²) in [6.45, 7) is 0. The Morgan fingerprint density at radius 1 is 1.17 bits per heavy atom. The summed E-state index contributed by atoms with van der Waals surface area (Å²) in [5, 5.41) is 0. The Balaban J connectivity index is 1.89. The van der Waals surface area contributed by atoms with E-state index in [1.165, 1.54) is 30.3 Å². The number of benzene rings is 1. The molecular weight excluding hydrogens is 311 g/mol. The highest BCUT2D eigenvalue weighted by Gasteiger charge is 2.36. The molecule has 2 aromatic rings. The molecule has 1 aliphatic rings. The van der Waals surface area contributed by atoms with Crippen molar-refractivity contribution in [3.63, 3.8) is 0 Å². The van der Waals surface area contributed by atoms with E-state index in [0.717, 1.165) is 18.9 Å². The van der Waals surface area contributed by atoms with Crippen molar-refractivity contribution in [2.45, 2.75) is 24.9 Å². The average molecular weight is 321 g/mol. The van der Waals surface area contributed by atoms with Gasteiger partial charge in [-0.3, -0.25) is 0 Å². The number of aromatic nitrogens is 2. The summed E-state index contributed by atoms with van der Waals surface area (Å²) in [6, 6.07) is 6.68. The Hall–Kier alpha value is -2.73. The summed E-state index contributed by atoms with van der Waals surface area (Å²) in [4.78, 5) is 21.2. The van der Waals surface area contributed by atoms with Gasteiger partial charge in [-0.05, 0) is 37.1 Å². The van der Waals surface area contributed by atoms with Gasteiger partial charge in [0.25, 0.3) is 0 Å². The molecule has 0 unspecified atom stereocenters. The van der Waals surface area contributed by atoms with Gasteiger partial charge in [0.15, 0.2) is 5.69 Å². The van der Waals surface area contributed by atoms with E-state index in [9.17, 15) is 18.0 Å². The van der Waals surface area contributed by atoms with E-state index in [0.29, 0.717) is 5.69 Å². The number of aliphatic imine (C=N–C) groups is 1. The second-order valence-electron chi connectivity index (χ2n) is 5.02. The molecule has 23 heavy (non-hydrogen) atoms. The van der Waals surface area contributed by atoms with Crippen molar-refractivity contribution in [2.24, 2.45) is 4.99 Å². The highest BCUT2D eigenvalue weighted by atomic mass is 19.4. The second kappa shape index (κ2) is 5.81. The molecule has 0 bridgehead atoms. The van der Waals surface area contributed by atoms with Gasteiger partial charge in [0.05, 0.1) is 5.69 Å². The molecule has 0 aliphatic heterocycles. The predicted octanol–water partition coefficient (Wildman–Crippen LogP) is 4.13. The third-order valence-electron chi connectivity index (χ3n) is 3.19. The SMILES string of the molecule is O=C=Nc1ccc(Oc2cc(C(F)(F)F)nc(C3CC3)n2)cc1. The van der Waals surface area contributed by atoms with Gasteiger partial charge in [0.2, 0.25) is 12.0 Å². The molecule has 8 heteroatoms. The number of isocyanates is 1. The summed E-state index contributed by atoms with van der Waals surface area (Å²) < 4.78 is 44.1. The molecule has 1 aromatic heterocycles. The maximum absolute atomic E-state index is 12.9. The first kappa shape index (κ1) is 15.2. The van der Waals surface area contributed by atoms with Gasteiger partial charge in [-0.1, -0.05) is 0 Å². The fraction of sp³-hybridized carbons (Fsp3) is 0.267. The quantitative estimate of drug-likeness (QED) is 0.627. The molecule has 1 aliphatic carbocycles. The number of nitrogens with zero attached hydrogens (tertiary/aromatic N) is 3. The van der Waals surface area contributed by atoms with Crippen molar-refractivity contribution in [3.8, 4) is 11.6 Å². The van der Waals surface area contributed by atoms with Crippen LogP contribution in [0.4, 0.5) is 18.9 Å². The highest BCUT2D eigenvalue weighted by Crippen LogP contribution is 2.40. The van der Waals surface area contributed by atoms with Gasteiger partial charge in [-0.25, -0.2) is 9.78 Å². The Morgan fingerprint density at radius 2 is 1.87 bits per heavy atom. The maximum atomic E-state index is 12.9. The van der Waals surface area contributed by atoms with Crippen LogP contribution in [-0.2, 0) is 11.0 Å². The van der Waals surface area contributed by atoms with Gasteiger partial charge in [0.1, 0.15) is 11.6 Å². The molecule has 0 saturated heterocycles. The summed E-state index contributed by atoms with van der Waals surface area (Å²) in [5.74, 6) is 0.227. The Labute approximate surface area is 128 Å². The minimum atomic E-state index is -4.56. The minimum Gasteiger partial charge on any atom is -0.439 e. The third kappa shape index (κ3) is 3.73. The van der Waals surface area contributed by atoms with Gasteiger partial charge in [0, 0.05) is 12.0 Å². The summed E-state index contributed by atoms with van der Waals surface area (Å²) in [6.07, 6.45) is -1.62. The van der Waals surface area contributed by atoms with Crippen molar-refractivity contribution in [2.75, 3.05) is 0 Å². The number of alkyl halides is 3. The van der Waals surface area contributed by atoms with Crippen LogP contribution >= 0.6 is 0 Å². The average Bonchev–Trinajstić information content (AvgIpc) is 3.33. The first-order chi connectivity index (χ1) is 11.0. The van der Waals surface area contributed by atoms with Gasteiger partial charge in [-0.2, -0.15) is 23.1 Å². The van der Waals surface area contributed by atoms with E-state index in [1.807, 2.05) is 0 Å². The lowest BCUT2D eigenvalue weighted by Gasteiger charge is -2.11. The van der Waals surface area contributed by atoms with Crippen molar-refractivity contribution in [1.29, 1.82) is 0 Å². The molecule has 1 aromatic carbocycles. The van der Waals surface area contributed by atoms with Crippen LogP contribution in [0.5, 0.6) is 11.6 Å². The van der Waals surface area contributed by atoms with E-state index in [2.05, 4.69) is 15.0 Å². The number of halogens is 3. The number of hydrogen-bond donors (Lipinski definition) is 0. The molecule has 1 saturated carbocycles. The zero-order valence-corrected chi connectivity index (χ0v) is 11.7. The molecule has 0 atom stereocenters. The van der Waals surface area contributed by atoms with E-state index < -0.39 is 11.9 Å². The molecule has 118 valence electrons. The number of ether oxygens (including phenoxy) is 1. The lowest BCUT2D eigenvalue weighted by Crippen LogP contribution is -2.11. The monoisotopic (exact) mass is 321 g/mol. The normalized spacial score (nSPS) is 14.2. The minimum absolute atomic E-state index is 0.0380. The van der Waals surface area contributed by atoms with Crippen molar-refractivity contribution < 1.29 is 22.7 Å². The maximum Gasteiger partial charge on any atom is 0.433 e. The zero-order chi connectivity index (χ0) is 16.4. The smallest absolute Gasteiger partial charge is 0.433 e. The standard InChI is InChI=1S/C15H10F3N3O2/c16-15(17,18)12-7-13(21-14(20-12)9-1-2-9)23-11-5-3-10(4-6-11)19-8-22/h3-7,9H,1-2H2. The van der Waals surface area contributed by atoms with Crippen LogP contribution in [0.3, 0.4) is 0 Å². The van der Waals surface area contributed by atoms with Crippen LogP contribution in [0.15, 0.2) is 35.3 Å². The summed E-state index contributed by atoms with van der Waals surface area (Å²) in [5.41, 5.74) is -0.656. The molecule has 1 heterocycles. The first-order valence-electron chi connectivity index (χ1n) is 6.77. The second-order valence-corrected chi connectivity index (χ2v) is 5.02. The predicted molar refractivity (Wildman–Crippen MR) is 73.3 cm³/mol. The van der Waals surface area contributed by atoms with Crippen LogP contribution < -0.4 is 4.74 Å². The van der Waals surface area contributed by atoms with Gasteiger partial charge < -0.3 is 4.74 Å². The molecular formula is C15H10F3N3O2. The molecule has 5 nitrogen and oxygen atoms in total. The Morgan fingerprint density at radius 3 is 2.43 bits per heavy atom. The zero-order valence-electron chi connectivity index (χ0n) is 11.7. The van der Waals surface area contributed by atoms with Crippen molar-refractivity contribution in [1.82, 2.24) is 9.97 Å². The van der Waals surface area contributed by atoms with Crippen LogP contribution in [0.1, 0.15) is 30.3 Å². The molecule has 0 N–H and O–H groups in total. The van der Waals surface area contributed by atoms with Crippen LogP contribution in [-0.4, -0.2) is 16.0 Å². The molecule has 0 spiro atoms. The Bertz CT molecular complexity index is 765. The molecule has 0 amide bonds. The fourth-order valence-electron chi connectivity index (χ4n) is 1.93. The van der Waals surface area contributed by atoms with Crippen molar-refractivity contribution >= 4 is 11.8 Å². The van der Waals surface area contributed by atoms with Crippen LogP contribution in [0.25, 0.3) is 0 Å². The molecule has 1 fully saturated rings. The number of carbonyl (C=O) groups excluding carboxylic acids is 1. The molecule has 0 radical (unpaired) electrons. The van der Waals surface area contributed by atoms with Crippen LogP contribution in [0, 0.1) is 0 Å². The lowest BCUT2D eigenvalue weighted by molar-refractivity contribution is -0.141. The summed E-state index contributed by atoms with van der Waals surface area (Å²) in [7, 11) is 0. The lowest BCUT2D eigenvalue weighted by atomic mass is 10.3. The first-order valence-corrected chi connectivity index (χ1v) is 6.77. The van der Waals surface area contributed by atoms with Gasteiger partial charge in [-0.15, -0.1) is 0 Å². The molecule has 3 rings (SSSR count). The van der Waals surface area contributed by atoms with Crippen LogP contribution in [0.2, 0.25) is 0 Å². The van der Waals surface area contributed by atoms with E-state index in [4.69, 9.17) is 4.74 Å². The van der Waals surface area contributed by atoms with E-state index >= 15 is 0 Å². The third-order valence-corrected chi connectivity index (χ3v) is 3.19.